The lowest BCUT2D eigenvalue weighted by molar-refractivity contribution is -0.139. The highest BCUT2D eigenvalue weighted by Gasteiger charge is 2.23. The Labute approximate surface area is 92.8 Å². The highest BCUT2D eigenvalue weighted by atomic mass is 35.5. The van der Waals surface area contributed by atoms with Crippen molar-refractivity contribution in [3.8, 4) is 0 Å². The maximum absolute atomic E-state index is 10.7. The van der Waals surface area contributed by atoms with Gasteiger partial charge < -0.3 is 14.4 Å². The van der Waals surface area contributed by atoms with Crippen LogP contribution in [0, 0.1) is 0 Å². The van der Waals surface area contributed by atoms with Gasteiger partial charge >= 0.3 is 5.97 Å². The molecule has 0 aliphatic carbocycles. The summed E-state index contributed by atoms with van der Waals surface area (Å²) in [5.41, 5.74) is 0. The molecule has 1 aliphatic heterocycles. The Morgan fingerprint density at radius 1 is 1.53 bits per heavy atom. The van der Waals surface area contributed by atoms with E-state index in [4.69, 9.17) is 4.74 Å². The average molecular weight is 232 g/mol. The van der Waals surface area contributed by atoms with Crippen LogP contribution in [0.25, 0.3) is 0 Å². The molecular formula is C9H10ClNO4. The number of ether oxygens (including phenoxy) is 1. The third-order valence-corrected chi connectivity index (χ3v) is 1.64. The van der Waals surface area contributed by atoms with Gasteiger partial charge in [-0.1, -0.05) is 0 Å². The summed E-state index contributed by atoms with van der Waals surface area (Å²) in [6, 6.07) is -0.846. The van der Waals surface area contributed by atoms with Crippen molar-refractivity contribution in [2.24, 2.45) is 0 Å². The molecule has 82 valence electrons. The molecular weight excluding hydrogens is 222 g/mol. The van der Waals surface area contributed by atoms with E-state index in [1.807, 2.05) is 0 Å². The van der Waals surface area contributed by atoms with Crippen LogP contribution in [0.5, 0.6) is 0 Å². The van der Waals surface area contributed by atoms with Gasteiger partial charge in [0.25, 0.3) is 0 Å². The molecule has 0 N–H and O–H groups in total. The first-order valence-electron chi connectivity index (χ1n) is 3.94. The van der Waals surface area contributed by atoms with Gasteiger partial charge in [0.1, 0.15) is 11.8 Å². The molecule has 1 heterocycles. The van der Waals surface area contributed by atoms with Gasteiger partial charge in [0.05, 0.1) is 0 Å². The molecule has 0 aromatic heterocycles. The molecule has 1 atom stereocenters. The number of nitrogens with zero attached hydrogens (tertiary/aromatic N) is 1. The number of halogens is 1. The maximum Gasteiger partial charge on any atom is 0.307 e. The number of aldehydes is 1. The van der Waals surface area contributed by atoms with Gasteiger partial charge in [-0.15, -0.1) is 12.4 Å². The molecule has 1 unspecified atom stereocenters. The van der Waals surface area contributed by atoms with Crippen molar-refractivity contribution in [1.29, 1.82) is 0 Å². The Bertz CT molecular complexity index is 324. The van der Waals surface area contributed by atoms with Crippen molar-refractivity contribution in [2.75, 3.05) is 0 Å². The van der Waals surface area contributed by atoms with E-state index in [-0.39, 0.29) is 18.2 Å². The predicted octanol–water partition coefficient (Wildman–Crippen LogP) is 0.408. The summed E-state index contributed by atoms with van der Waals surface area (Å²) in [5, 5.41) is 0. The van der Waals surface area contributed by atoms with Crippen LogP contribution in [0.4, 0.5) is 0 Å². The summed E-state index contributed by atoms with van der Waals surface area (Å²) in [4.78, 5) is 32.9. The van der Waals surface area contributed by atoms with Crippen molar-refractivity contribution in [1.82, 2.24) is 4.90 Å². The van der Waals surface area contributed by atoms with Gasteiger partial charge in [-0.05, 0) is 12.2 Å². The summed E-state index contributed by atoms with van der Waals surface area (Å²) < 4.78 is 4.77. The highest BCUT2D eigenvalue weighted by molar-refractivity contribution is 5.85. The van der Waals surface area contributed by atoms with Crippen LogP contribution in [0.15, 0.2) is 24.1 Å². The molecule has 1 aliphatic rings. The molecule has 1 rings (SSSR count). The third-order valence-electron chi connectivity index (χ3n) is 1.64. The normalized spacial score (nSPS) is 18.6. The van der Waals surface area contributed by atoms with E-state index in [2.05, 4.69) is 0 Å². The van der Waals surface area contributed by atoms with Gasteiger partial charge in [-0.25, -0.2) is 0 Å². The Kier molecular flexibility index (Phi) is 5.33. The van der Waals surface area contributed by atoms with Gasteiger partial charge in [0, 0.05) is 13.1 Å². The number of hydrogen-bond donors (Lipinski definition) is 0. The van der Waals surface area contributed by atoms with Gasteiger partial charge in [0.15, 0.2) is 6.29 Å². The molecule has 0 fully saturated rings. The molecule has 0 radical (unpaired) electrons. The first-order chi connectivity index (χ1) is 6.69. The fourth-order valence-corrected chi connectivity index (χ4v) is 1.07. The zero-order chi connectivity index (χ0) is 10.6. The van der Waals surface area contributed by atoms with Crippen LogP contribution in [0.1, 0.15) is 6.92 Å². The van der Waals surface area contributed by atoms with E-state index in [0.29, 0.717) is 12.7 Å². The highest BCUT2D eigenvalue weighted by Crippen LogP contribution is 2.14. The number of hydrogen-bond acceptors (Lipinski definition) is 4. The van der Waals surface area contributed by atoms with Gasteiger partial charge in [-0.3, -0.25) is 9.59 Å². The molecule has 0 spiro atoms. The average Bonchev–Trinajstić information content (AvgIpc) is 2.16. The van der Waals surface area contributed by atoms with Crippen LogP contribution in [0.3, 0.4) is 0 Å². The molecule has 0 aromatic carbocycles. The molecule has 0 saturated heterocycles. The Balaban J connectivity index is 0.00000196. The molecule has 0 saturated carbocycles. The first kappa shape index (κ1) is 13.4. The monoisotopic (exact) mass is 231 g/mol. The van der Waals surface area contributed by atoms with Crippen molar-refractivity contribution in [3.63, 3.8) is 0 Å². The zero-order valence-electron chi connectivity index (χ0n) is 7.95. The maximum atomic E-state index is 10.7. The minimum Gasteiger partial charge on any atom is -0.429 e. The second-order valence-electron chi connectivity index (χ2n) is 2.64. The van der Waals surface area contributed by atoms with Crippen molar-refractivity contribution >= 4 is 31.1 Å². The minimum absolute atomic E-state index is 0. The molecule has 5 nitrogen and oxygen atoms in total. The Hall–Kier alpha value is -1.62. The van der Waals surface area contributed by atoms with E-state index in [0.717, 1.165) is 4.90 Å². The lowest BCUT2D eigenvalue weighted by Gasteiger charge is -2.24. The molecule has 0 bridgehead atoms. The smallest absolute Gasteiger partial charge is 0.307 e. The fraction of sp³-hybridized carbons (Fsp3) is 0.222. The largest absolute Gasteiger partial charge is 0.429 e. The van der Waals surface area contributed by atoms with E-state index >= 15 is 0 Å². The Morgan fingerprint density at radius 2 is 2.20 bits per heavy atom. The van der Waals surface area contributed by atoms with Crippen LogP contribution in [0.2, 0.25) is 0 Å². The number of carbonyl (C=O) groups excluding carboxylic acids is 3. The van der Waals surface area contributed by atoms with Crippen LogP contribution in [-0.2, 0) is 19.1 Å². The van der Waals surface area contributed by atoms with Crippen LogP contribution >= 0.6 is 12.4 Å². The van der Waals surface area contributed by atoms with Crippen LogP contribution in [-0.4, -0.2) is 29.6 Å². The molecule has 6 heteroatoms. The van der Waals surface area contributed by atoms with E-state index < -0.39 is 12.0 Å². The van der Waals surface area contributed by atoms with E-state index in [1.54, 1.807) is 0 Å². The zero-order valence-corrected chi connectivity index (χ0v) is 8.77. The summed E-state index contributed by atoms with van der Waals surface area (Å²) in [5.74, 6) is -0.369. The summed E-state index contributed by atoms with van der Waals surface area (Å²) >= 11 is 0. The first-order valence-corrected chi connectivity index (χ1v) is 3.94. The van der Waals surface area contributed by atoms with E-state index in [9.17, 15) is 14.4 Å². The number of amides is 1. The van der Waals surface area contributed by atoms with E-state index in [1.165, 1.54) is 25.3 Å². The third kappa shape index (κ3) is 3.21. The topological polar surface area (TPSA) is 63.7 Å². The number of rotatable bonds is 3. The second kappa shape index (κ2) is 5.98. The SMILES string of the molecule is CC(=O)OC1=CC=CN(C=O)C1C=O.Cl. The number of esters is 1. The molecule has 1 amide bonds. The molecule has 15 heavy (non-hydrogen) atoms. The van der Waals surface area contributed by atoms with Crippen LogP contribution < -0.4 is 0 Å². The van der Waals surface area contributed by atoms with Gasteiger partial charge in [-0.2, -0.15) is 0 Å². The number of carbonyl (C=O) groups is 3. The lowest BCUT2D eigenvalue weighted by atomic mass is 10.2. The second-order valence-corrected chi connectivity index (χ2v) is 2.64. The summed E-state index contributed by atoms with van der Waals surface area (Å²) in [6.07, 6.45) is 5.45. The Morgan fingerprint density at radius 3 is 2.67 bits per heavy atom. The minimum atomic E-state index is -0.846. The van der Waals surface area contributed by atoms with Crippen molar-refractivity contribution in [3.05, 3.63) is 24.1 Å². The number of allylic oxidation sites excluding steroid dienone is 2. The quantitative estimate of drug-likeness (QED) is 0.521. The van der Waals surface area contributed by atoms with Gasteiger partial charge in [0.2, 0.25) is 6.41 Å². The standard InChI is InChI=1S/C9H9NO4.ClH/c1-7(13)14-9-3-2-4-10(6-12)8(9)5-11;/h2-6,8H,1H3;1H. The summed E-state index contributed by atoms with van der Waals surface area (Å²) in [7, 11) is 0. The predicted molar refractivity (Wildman–Crippen MR) is 54.0 cm³/mol. The fourth-order valence-electron chi connectivity index (χ4n) is 1.07. The van der Waals surface area contributed by atoms with Crippen molar-refractivity contribution < 1.29 is 19.1 Å². The summed E-state index contributed by atoms with van der Waals surface area (Å²) in [6.45, 7) is 1.23. The van der Waals surface area contributed by atoms with Crippen molar-refractivity contribution in [2.45, 2.75) is 13.0 Å². The lowest BCUT2D eigenvalue weighted by Crippen LogP contribution is -2.35. The molecule has 0 aromatic rings.